The van der Waals surface area contributed by atoms with E-state index >= 15 is 0 Å². The maximum absolute atomic E-state index is 13.3. The lowest BCUT2D eigenvalue weighted by molar-refractivity contribution is -0.137. The van der Waals surface area contributed by atoms with Crippen molar-refractivity contribution in [3.8, 4) is 0 Å². The fraction of sp³-hybridized carbons (Fsp3) is 0.211. The molecular weight excluding hydrogens is 393 g/mol. The Morgan fingerprint density at radius 1 is 1.32 bits per heavy atom. The average molecular weight is 406 g/mol. The number of aryl methyl sites for hydroxylation is 1. The Labute approximate surface area is 160 Å². The minimum Gasteiger partial charge on any atom is -0.477 e. The molecule has 4 rings (SSSR count). The van der Waals surface area contributed by atoms with Crippen LogP contribution in [0, 0.1) is 6.92 Å². The van der Waals surface area contributed by atoms with Crippen LogP contribution in [0.5, 0.6) is 0 Å². The molecule has 0 atom stereocenters. The summed E-state index contributed by atoms with van der Waals surface area (Å²) in [6.45, 7) is 1.85. The molecule has 3 aromatic rings. The van der Waals surface area contributed by atoms with E-state index in [0.717, 1.165) is 17.4 Å². The fourth-order valence-corrected chi connectivity index (χ4v) is 4.43. The van der Waals surface area contributed by atoms with E-state index in [0.29, 0.717) is 17.6 Å². The molecule has 0 saturated heterocycles. The Kier molecular flexibility index (Phi) is 4.15. The molecule has 0 amide bonds. The van der Waals surface area contributed by atoms with Gasteiger partial charge in [-0.1, -0.05) is 18.2 Å². The summed E-state index contributed by atoms with van der Waals surface area (Å²) < 4.78 is 41.2. The Morgan fingerprint density at radius 2 is 2.04 bits per heavy atom. The van der Waals surface area contributed by atoms with E-state index in [2.05, 4.69) is 4.98 Å². The van der Waals surface area contributed by atoms with Crippen LogP contribution in [0.1, 0.15) is 38.6 Å². The van der Waals surface area contributed by atoms with Crippen LogP contribution in [0.4, 0.5) is 13.2 Å². The molecule has 0 saturated carbocycles. The van der Waals surface area contributed by atoms with Gasteiger partial charge in [0, 0.05) is 6.54 Å². The molecule has 1 N–H and O–H groups in total. The number of aromatic nitrogens is 2. The summed E-state index contributed by atoms with van der Waals surface area (Å²) >= 11 is 0.897. The number of fused-ring (bicyclic) bond motifs is 2. The topological polar surface area (TPSA) is 72.2 Å². The molecule has 144 valence electrons. The first-order valence-electron chi connectivity index (χ1n) is 8.33. The van der Waals surface area contributed by atoms with Crippen LogP contribution >= 0.6 is 11.3 Å². The molecule has 28 heavy (non-hydrogen) atoms. The van der Waals surface area contributed by atoms with E-state index in [9.17, 15) is 27.9 Å². The largest absolute Gasteiger partial charge is 0.477 e. The van der Waals surface area contributed by atoms with Gasteiger partial charge in [-0.25, -0.2) is 9.78 Å². The number of benzene rings is 1. The Hall–Kier alpha value is -2.94. The molecule has 0 radical (unpaired) electrons. The van der Waals surface area contributed by atoms with Gasteiger partial charge in [0.1, 0.15) is 15.5 Å². The van der Waals surface area contributed by atoms with Gasteiger partial charge in [-0.2, -0.15) is 13.2 Å². The van der Waals surface area contributed by atoms with E-state index in [1.807, 2.05) is 0 Å². The molecular formula is C19H13F3N2O3S. The number of carboxylic acids is 1. The quantitative estimate of drug-likeness (QED) is 0.684. The van der Waals surface area contributed by atoms with Crippen molar-refractivity contribution in [1.29, 1.82) is 0 Å². The molecule has 0 bridgehead atoms. The second-order valence-corrected chi connectivity index (χ2v) is 7.44. The molecule has 3 heterocycles. The summed E-state index contributed by atoms with van der Waals surface area (Å²) in [4.78, 5) is 28.9. The maximum Gasteiger partial charge on any atom is 0.416 e. The first kappa shape index (κ1) is 18.4. The van der Waals surface area contributed by atoms with Gasteiger partial charge < -0.3 is 5.11 Å². The molecule has 0 fully saturated rings. The zero-order chi connectivity index (χ0) is 20.2. The maximum atomic E-state index is 13.3. The van der Waals surface area contributed by atoms with Gasteiger partial charge >= 0.3 is 12.1 Å². The third-order valence-electron chi connectivity index (χ3n) is 4.73. The number of nitrogens with zero attached hydrogens (tertiary/aromatic N) is 2. The van der Waals surface area contributed by atoms with Crippen molar-refractivity contribution in [1.82, 2.24) is 9.55 Å². The van der Waals surface area contributed by atoms with Gasteiger partial charge in [0.05, 0.1) is 10.9 Å². The number of hydrogen-bond donors (Lipinski definition) is 1. The second-order valence-electron chi connectivity index (χ2n) is 6.44. The monoisotopic (exact) mass is 406 g/mol. The minimum atomic E-state index is -4.50. The van der Waals surface area contributed by atoms with Crippen molar-refractivity contribution < 1.29 is 23.1 Å². The lowest BCUT2D eigenvalue weighted by atomic mass is 10.0. The van der Waals surface area contributed by atoms with Crippen molar-refractivity contribution in [2.45, 2.75) is 26.1 Å². The van der Waals surface area contributed by atoms with Crippen molar-refractivity contribution in [2.24, 2.45) is 0 Å². The number of thiophene rings is 1. The highest BCUT2D eigenvalue weighted by Gasteiger charge is 2.33. The highest BCUT2D eigenvalue weighted by atomic mass is 32.1. The van der Waals surface area contributed by atoms with E-state index in [1.165, 1.54) is 28.8 Å². The predicted octanol–water partition coefficient (Wildman–Crippen LogP) is 4.43. The first-order chi connectivity index (χ1) is 13.2. The summed E-state index contributed by atoms with van der Waals surface area (Å²) in [7, 11) is 0. The normalized spacial score (nSPS) is 15.4. The molecule has 0 spiro atoms. The lowest BCUT2D eigenvalue weighted by Crippen LogP contribution is -2.20. The lowest BCUT2D eigenvalue weighted by Gasteiger charge is -2.10. The Bertz CT molecular complexity index is 1220. The number of allylic oxidation sites excluding steroid dienone is 1. The molecule has 0 unspecified atom stereocenters. The van der Waals surface area contributed by atoms with Gasteiger partial charge in [0.25, 0.3) is 5.56 Å². The zero-order valence-electron chi connectivity index (χ0n) is 14.5. The fourth-order valence-electron chi connectivity index (χ4n) is 3.42. The third kappa shape index (κ3) is 2.82. The van der Waals surface area contributed by atoms with Gasteiger partial charge in [-0.3, -0.25) is 9.36 Å². The molecule has 1 aromatic carbocycles. The van der Waals surface area contributed by atoms with Crippen LogP contribution in [0.3, 0.4) is 0 Å². The van der Waals surface area contributed by atoms with E-state index < -0.39 is 17.7 Å². The summed E-state index contributed by atoms with van der Waals surface area (Å²) in [5.74, 6) is -0.854. The summed E-state index contributed by atoms with van der Waals surface area (Å²) in [5.41, 5.74) is -0.251. The number of hydrogen-bond acceptors (Lipinski definition) is 4. The van der Waals surface area contributed by atoms with Gasteiger partial charge in [-0.15, -0.1) is 11.3 Å². The van der Waals surface area contributed by atoms with E-state index in [1.54, 1.807) is 6.92 Å². The summed E-state index contributed by atoms with van der Waals surface area (Å²) in [5, 5.41) is 9.53. The number of carbonyl (C=O) groups is 1. The number of halogens is 3. The average Bonchev–Trinajstić information content (AvgIpc) is 3.17. The summed E-state index contributed by atoms with van der Waals surface area (Å²) in [6, 6.07) is 5.21. The number of carboxylic acid groups (broad SMARTS) is 1. The van der Waals surface area contributed by atoms with E-state index in [4.69, 9.17) is 0 Å². The molecule has 2 aromatic heterocycles. The van der Waals surface area contributed by atoms with E-state index in [-0.39, 0.29) is 38.6 Å². The van der Waals surface area contributed by atoms with Crippen LogP contribution in [0.2, 0.25) is 0 Å². The van der Waals surface area contributed by atoms with Gasteiger partial charge in [-0.05, 0) is 42.2 Å². The van der Waals surface area contributed by atoms with Crippen LogP contribution in [0.25, 0.3) is 21.9 Å². The van der Waals surface area contributed by atoms with Crippen LogP contribution in [0.15, 0.2) is 29.1 Å². The zero-order valence-corrected chi connectivity index (χ0v) is 15.3. The van der Waals surface area contributed by atoms with Gasteiger partial charge in [0.15, 0.2) is 0 Å². The molecule has 5 nitrogen and oxygen atoms in total. The second kappa shape index (κ2) is 6.30. The number of aromatic carboxylic acids is 1. The molecule has 1 aliphatic heterocycles. The standard InChI is InChI=1S/C19H13F3N2O3S/c1-9-13-16(28-14(9)18(26)27)23-15-11(6-7-24(15)17(13)25)8-10-4-2-3-5-12(10)19(20,21)22/h2-5,8H,6-7H2,1H3,(H,26,27)/b11-8+. The smallest absolute Gasteiger partial charge is 0.416 e. The van der Waals surface area contributed by atoms with Crippen LogP contribution in [-0.2, 0) is 12.7 Å². The van der Waals surface area contributed by atoms with Crippen molar-refractivity contribution in [3.05, 3.63) is 62.0 Å². The minimum absolute atomic E-state index is 0.00128. The predicted molar refractivity (Wildman–Crippen MR) is 99.5 cm³/mol. The van der Waals surface area contributed by atoms with Crippen LogP contribution < -0.4 is 5.56 Å². The Balaban J connectivity index is 1.91. The van der Waals surface area contributed by atoms with Crippen molar-refractivity contribution in [2.75, 3.05) is 0 Å². The summed E-state index contributed by atoms with van der Waals surface area (Å²) in [6.07, 6.45) is -2.72. The van der Waals surface area contributed by atoms with Crippen LogP contribution in [-0.4, -0.2) is 20.6 Å². The molecule has 1 aliphatic rings. The first-order valence-corrected chi connectivity index (χ1v) is 9.14. The third-order valence-corrected chi connectivity index (χ3v) is 5.91. The van der Waals surface area contributed by atoms with Crippen molar-refractivity contribution >= 4 is 39.2 Å². The van der Waals surface area contributed by atoms with Crippen molar-refractivity contribution in [3.63, 3.8) is 0 Å². The number of rotatable bonds is 2. The van der Waals surface area contributed by atoms with Gasteiger partial charge in [0.2, 0.25) is 0 Å². The highest BCUT2D eigenvalue weighted by Crippen LogP contribution is 2.36. The molecule has 0 aliphatic carbocycles. The highest BCUT2D eigenvalue weighted by molar-refractivity contribution is 7.20. The molecule has 9 heteroatoms. The Morgan fingerprint density at radius 3 is 2.71 bits per heavy atom. The SMILES string of the molecule is Cc1c(C(=O)O)sc2nc3n(c(=O)c12)CC/C3=C\c1ccccc1C(F)(F)F. The number of alkyl halides is 3.